The van der Waals surface area contributed by atoms with E-state index in [4.69, 9.17) is 4.74 Å². The molecule has 0 bridgehead atoms. The van der Waals surface area contributed by atoms with Crippen LogP contribution in [-0.2, 0) is 11.3 Å². The molecule has 1 aliphatic carbocycles. The second-order valence-electron chi connectivity index (χ2n) is 4.74. The fourth-order valence-electron chi connectivity index (χ4n) is 2.48. The molecule has 2 rings (SSSR count). The van der Waals surface area contributed by atoms with E-state index in [1.165, 1.54) is 18.9 Å². The third-order valence-corrected chi connectivity index (χ3v) is 4.45. The smallest absolute Gasteiger partial charge is 0.137 e. The molecule has 0 amide bonds. The summed E-state index contributed by atoms with van der Waals surface area (Å²) in [6, 6.07) is 5.48. The van der Waals surface area contributed by atoms with Gasteiger partial charge in [0, 0.05) is 6.04 Å². The summed E-state index contributed by atoms with van der Waals surface area (Å²) in [5.41, 5.74) is 0.871. The van der Waals surface area contributed by atoms with Gasteiger partial charge in [-0.3, -0.25) is 0 Å². The average Bonchev–Trinajstić information content (AvgIpc) is 2.41. The Hall–Kier alpha value is -0.450. The van der Waals surface area contributed by atoms with Gasteiger partial charge in [-0.1, -0.05) is 25.0 Å². The summed E-state index contributed by atoms with van der Waals surface area (Å²) in [4.78, 5) is 0. The number of benzene rings is 1. The lowest BCUT2D eigenvalue weighted by molar-refractivity contribution is -0.00394. The second-order valence-corrected chi connectivity index (χ2v) is 5.54. The van der Waals surface area contributed by atoms with E-state index >= 15 is 0 Å². The van der Waals surface area contributed by atoms with Gasteiger partial charge in [0.05, 0.1) is 17.2 Å². The standard InChI is InChI=1S/C14H19BrFNO/c1-17-12-7-2-3-8-13(12)18-9-10-5-4-6-11(16)14(10)15/h4-6,12-13,17H,2-3,7-9H2,1H3. The first-order valence-electron chi connectivity index (χ1n) is 6.44. The molecule has 2 nitrogen and oxygen atoms in total. The molecule has 1 fully saturated rings. The Balaban J connectivity index is 1.96. The van der Waals surface area contributed by atoms with Crippen molar-refractivity contribution < 1.29 is 9.13 Å². The van der Waals surface area contributed by atoms with Crippen LogP contribution in [0.5, 0.6) is 0 Å². The highest BCUT2D eigenvalue weighted by atomic mass is 79.9. The molecule has 1 aromatic carbocycles. The van der Waals surface area contributed by atoms with Crippen molar-refractivity contribution in [3.05, 3.63) is 34.1 Å². The van der Waals surface area contributed by atoms with E-state index in [1.807, 2.05) is 13.1 Å². The highest BCUT2D eigenvalue weighted by Gasteiger charge is 2.24. The lowest BCUT2D eigenvalue weighted by Crippen LogP contribution is -2.41. The summed E-state index contributed by atoms with van der Waals surface area (Å²) >= 11 is 3.27. The largest absolute Gasteiger partial charge is 0.372 e. The highest BCUT2D eigenvalue weighted by molar-refractivity contribution is 9.10. The van der Waals surface area contributed by atoms with Crippen LogP contribution in [0.2, 0.25) is 0 Å². The van der Waals surface area contributed by atoms with Crippen molar-refractivity contribution >= 4 is 15.9 Å². The van der Waals surface area contributed by atoms with Crippen LogP contribution in [0.3, 0.4) is 0 Å². The molecule has 0 aromatic heterocycles. The maximum absolute atomic E-state index is 13.4. The van der Waals surface area contributed by atoms with Crippen molar-refractivity contribution in [1.82, 2.24) is 5.32 Å². The third-order valence-electron chi connectivity index (χ3n) is 3.56. The van der Waals surface area contributed by atoms with E-state index in [9.17, 15) is 4.39 Å². The number of nitrogens with one attached hydrogen (secondary N) is 1. The van der Waals surface area contributed by atoms with Gasteiger partial charge in [0.1, 0.15) is 5.82 Å². The zero-order valence-corrected chi connectivity index (χ0v) is 12.2. The highest BCUT2D eigenvalue weighted by Crippen LogP contribution is 2.25. The summed E-state index contributed by atoms with van der Waals surface area (Å²) in [6.07, 6.45) is 4.95. The summed E-state index contributed by atoms with van der Waals surface area (Å²) in [5, 5.41) is 3.31. The van der Waals surface area contributed by atoms with Gasteiger partial charge in [-0.05, 0) is 47.4 Å². The first-order valence-corrected chi connectivity index (χ1v) is 7.23. The van der Waals surface area contributed by atoms with Crippen LogP contribution in [-0.4, -0.2) is 19.2 Å². The summed E-state index contributed by atoms with van der Waals surface area (Å²) in [5.74, 6) is -0.232. The Morgan fingerprint density at radius 3 is 2.94 bits per heavy atom. The molecule has 1 aliphatic rings. The summed E-state index contributed by atoms with van der Waals surface area (Å²) in [6.45, 7) is 0.460. The molecule has 0 spiro atoms. The molecule has 2 unspecified atom stereocenters. The number of likely N-dealkylation sites (N-methyl/N-ethyl adjacent to an activating group) is 1. The van der Waals surface area contributed by atoms with Crippen molar-refractivity contribution in [2.24, 2.45) is 0 Å². The van der Waals surface area contributed by atoms with Crippen LogP contribution in [0.25, 0.3) is 0 Å². The minimum Gasteiger partial charge on any atom is -0.372 e. The fourth-order valence-corrected chi connectivity index (χ4v) is 2.86. The Morgan fingerprint density at radius 2 is 2.17 bits per heavy atom. The Kier molecular flexibility index (Phi) is 5.15. The van der Waals surface area contributed by atoms with Crippen molar-refractivity contribution in [3.63, 3.8) is 0 Å². The Morgan fingerprint density at radius 1 is 1.39 bits per heavy atom. The van der Waals surface area contributed by atoms with Crippen LogP contribution in [0.1, 0.15) is 31.2 Å². The van der Waals surface area contributed by atoms with Crippen LogP contribution >= 0.6 is 15.9 Å². The molecule has 100 valence electrons. The van der Waals surface area contributed by atoms with Crippen LogP contribution in [0, 0.1) is 5.82 Å². The first kappa shape index (κ1) is 14.0. The van der Waals surface area contributed by atoms with Crippen molar-refractivity contribution in [3.8, 4) is 0 Å². The molecule has 18 heavy (non-hydrogen) atoms. The normalized spacial score (nSPS) is 24.2. The van der Waals surface area contributed by atoms with Crippen molar-refractivity contribution in [2.45, 2.75) is 44.4 Å². The maximum atomic E-state index is 13.4. The zero-order valence-electron chi connectivity index (χ0n) is 10.6. The van der Waals surface area contributed by atoms with E-state index in [-0.39, 0.29) is 11.9 Å². The molecule has 1 saturated carbocycles. The number of hydrogen-bond donors (Lipinski definition) is 1. The molecule has 0 aliphatic heterocycles. The minimum absolute atomic E-state index is 0.232. The van der Waals surface area contributed by atoms with E-state index in [0.29, 0.717) is 17.1 Å². The van der Waals surface area contributed by atoms with Gasteiger partial charge < -0.3 is 10.1 Å². The molecule has 1 N–H and O–H groups in total. The lowest BCUT2D eigenvalue weighted by Gasteiger charge is -2.31. The van der Waals surface area contributed by atoms with E-state index < -0.39 is 0 Å². The number of hydrogen-bond acceptors (Lipinski definition) is 2. The molecule has 0 heterocycles. The topological polar surface area (TPSA) is 21.3 Å². The minimum atomic E-state index is -0.232. The fraction of sp³-hybridized carbons (Fsp3) is 0.571. The first-order chi connectivity index (χ1) is 8.72. The SMILES string of the molecule is CNC1CCCCC1OCc1cccc(F)c1Br. The monoisotopic (exact) mass is 315 g/mol. The molecular weight excluding hydrogens is 297 g/mol. The molecule has 0 radical (unpaired) electrons. The molecule has 2 atom stereocenters. The van der Waals surface area contributed by atoms with Crippen molar-refractivity contribution in [1.29, 1.82) is 0 Å². The van der Waals surface area contributed by atoms with E-state index in [2.05, 4.69) is 21.2 Å². The Bertz CT molecular complexity index is 399. The molecule has 0 saturated heterocycles. The van der Waals surface area contributed by atoms with Gasteiger partial charge in [0.15, 0.2) is 0 Å². The van der Waals surface area contributed by atoms with Gasteiger partial charge >= 0.3 is 0 Å². The van der Waals surface area contributed by atoms with E-state index in [0.717, 1.165) is 18.4 Å². The van der Waals surface area contributed by atoms with Gasteiger partial charge in [0.2, 0.25) is 0 Å². The molecule has 4 heteroatoms. The molecular formula is C14H19BrFNO. The van der Waals surface area contributed by atoms with Gasteiger partial charge in [-0.2, -0.15) is 0 Å². The van der Waals surface area contributed by atoms with Gasteiger partial charge in [-0.15, -0.1) is 0 Å². The van der Waals surface area contributed by atoms with Gasteiger partial charge in [-0.25, -0.2) is 4.39 Å². The summed E-state index contributed by atoms with van der Waals surface area (Å²) in [7, 11) is 1.98. The zero-order chi connectivity index (χ0) is 13.0. The predicted octanol–water partition coefficient (Wildman–Crippen LogP) is 3.64. The Labute approximate surface area is 116 Å². The average molecular weight is 316 g/mol. The van der Waals surface area contributed by atoms with Gasteiger partial charge in [0.25, 0.3) is 0 Å². The number of rotatable bonds is 4. The quantitative estimate of drug-likeness (QED) is 0.916. The van der Waals surface area contributed by atoms with Crippen LogP contribution in [0.4, 0.5) is 4.39 Å². The van der Waals surface area contributed by atoms with Crippen molar-refractivity contribution in [2.75, 3.05) is 7.05 Å². The molecule has 1 aromatic rings. The number of ether oxygens (including phenoxy) is 1. The van der Waals surface area contributed by atoms with E-state index in [1.54, 1.807) is 6.07 Å². The number of halogens is 2. The van der Waals surface area contributed by atoms with Crippen LogP contribution in [0.15, 0.2) is 22.7 Å². The van der Waals surface area contributed by atoms with Crippen LogP contribution < -0.4 is 5.32 Å². The predicted molar refractivity (Wildman–Crippen MR) is 74.0 cm³/mol. The summed E-state index contributed by atoms with van der Waals surface area (Å²) < 4.78 is 19.8. The maximum Gasteiger partial charge on any atom is 0.137 e. The lowest BCUT2D eigenvalue weighted by atomic mass is 9.92. The second kappa shape index (κ2) is 6.64. The third kappa shape index (κ3) is 3.31.